The molecule has 1 N–H and O–H groups in total. The normalized spacial score (nSPS) is 17.3. The number of carbonyl (C=O) groups excluding carboxylic acids is 1. The monoisotopic (exact) mass is 142 g/mol. The molecule has 0 bridgehead atoms. The van der Waals surface area contributed by atoms with Gasteiger partial charge >= 0.3 is 0 Å². The minimum Gasteiger partial charge on any atom is -0.309 e. The third kappa shape index (κ3) is 3.58. The summed E-state index contributed by atoms with van der Waals surface area (Å²) in [6.07, 6.45) is 0. The van der Waals surface area contributed by atoms with Gasteiger partial charge in [-0.3, -0.25) is 9.69 Å². The van der Waals surface area contributed by atoms with E-state index in [4.69, 9.17) is 0 Å². The second kappa shape index (κ2) is 3.68. The largest absolute Gasteiger partial charge is 0.309 e. The minimum atomic E-state index is 0.214. The lowest BCUT2D eigenvalue weighted by Crippen LogP contribution is -2.26. The van der Waals surface area contributed by atoms with Crippen LogP contribution in [-0.4, -0.2) is 43.4 Å². The number of ketones is 1. The fourth-order valence-corrected chi connectivity index (χ4v) is 0.796. The third-order valence-corrected chi connectivity index (χ3v) is 1.52. The molecule has 0 atom stereocenters. The van der Waals surface area contributed by atoms with Crippen LogP contribution in [0.15, 0.2) is 0 Å². The Labute approximate surface area is 61.4 Å². The molecule has 0 radical (unpaired) electrons. The first-order chi connectivity index (χ1) is 4.79. The first kappa shape index (κ1) is 7.69. The van der Waals surface area contributed by atoms with E-state index in [-0.39, 0.29) is 5.78 Å². The van der Waals surface area contributed by atoms with Crippen LogP contribution < -0.4 is 5.32 Å². The van der Waals surface area contributed by atoms with Gasteiger partial charge in [0.1, 0.15) is 5.78 Å². The van der Waals surface area contributed by atoms with Crippen molar-refractivity contribution in [2.24, 2.45) is 0 Å². The van der Waals surface area contributed by atoms with Crippen molar-refractivity contribution in [3.8, 4) is 0 Å². The summed E-state index contributed by atoms with van der Waals surface area (Å²) < 4.78 is 0. The fourth-order valence-electron chi connectivity index (χ4n) is 0.796. The lowest BCUT2D eigenvalue weighted by molar-refractivity contribution is -0.116. The highest BCUT2D eigenvalue weighted by molar-refractivity contribution is 5.77. The predicted molar refractivity (Wildman–Crippen MR) is 40.0 cm³/mol. The highest BCUT2D eigenvalue weighted by atomic mass is 16.1. The van der Waals surface area contributed by atoms with Crippen molar-refractivity contribution in [1.29, 1.82) is 0 Å². The van der Waals surface area contributed by atoms with E-state index in [1.807, 2.05) is 0 Å². The quantitative estimate of drug-likeness (QED) is 0.414. The molecule has 3 nitrogen and oxygen atoms in total. The Bertz CT molecular complexity index is 121. The topological polar surface area (TPSA) is 32.1 Å². The molecule has 1 aliphatic heterocycles. The second-order valence-corrected chi connectivity index (χ2v) is 2.72. The van der Waals surface area contributed by atoms with Gasteiger partial charge in [-0.25, -0.2) is 0 Å². The molecule has 58 valence electrons. The number of nitrogens with one attached hydrogen (secondary N) is 1. The number of Topliss-reactive ketones (excluding diaryl/α,β-unsaturated/α-hetero) is 1. The van der Waals surface area contributed by atoms with E-state index in [2.05, 4.69) is 10.2 Å². The van der Waals surface area contributed by atoms with E-state index < -0.39 is 0 Å². The number of rotatable bonds is 5. The molecule has 0 spiro atoms. The van der Waals surface area contributed by atoms with Crippen LogP contribution in [0.4, 0.5) is 0 Å². The lowest BCUT2D eigenvalue weighted by Gasteiger charge is -2.00. The summed E-state index contributed by atoms with van der Waals surface area (Å²) in [7, 11) is 0. The van der Waals surface area contributed by atoms with Crippen molar-refractivity contribution in [2.75, 3.05) is 32.7 Å². The van der Waals surface area contributed by atoms with Crippen LogP contribution in [0, 0.1) is 0 Å². The molecule has 0 saturated carbocycles. The molecule has 1 fully saturated rings. The zero-order chi connectivity index (χ0) is 7.40. The number of hydrogen-bond acceptors (Lipinski definition) is 3. The van der Waals surface area contributed by atoms with Crippen LogP contribution in [0.5, 0.6) is 0 Å². The summed E-state index contributed by atoms with van der Waals surface area (Å²) in [5.74, 6) is 0.214. The summed E-state index contributed by atoms with van der Waals surface area (Å²) in [6, 6.07) is 0. The summed E-state index contributed by atoms with van der Waals surface area (Å²) in [5.41, 5.74) is 0. The van der Waals surface area contributed by atoms with Crippen molar-refractivity contribution in [1.82, 2.24) is 10.2 Å². The molecule has 1 saturated heterocycles. The second-order valence-electron chi connectivity index (χ2n) is 2.72. The van der Waals surface area contributed by atoms with E-state index in [1.165, 1.54) is 13.1 Å². The molecule has 0 aromatic heterocycles. The van der Waals surface area contributed by atoms with Crippen molar-refractivity contribution >= 4 is 5.78 Å². The molecule has 10 heavy (non-hydrogen) atoms. The van der Waals surface area contributed by atoms with E-state index in [0.717, 1.165) is 13.1 Å². The zero-order valence-electron chi connectivity index (χ0n) is 6.39. The van der Waals surface area contributed by atoms with Gasteiger partial charge in [0.05, 0.1) is 6.54 Å². The van der Waals surface area contributed by atoms with E-state index in [1.54, 1.807) is 6.92 Å². The molecule has 1 aliphatic rings. The van der Waals surface area contributed by atoms with Crippen molar-refractivity contribution in [3.63, 3.8) is 0 Å². The lowest BCUT2D eigenvalue weighted by atomic mass is 10.4. The minimum absolute atomic E-state index is 0.214. The van der Waals surface area contributed by atoms with Gasteiger partial charge in [0.2, 0.25) is 0 Å². The number of nitrogens with zero attached hydrogens (tertiary/aromatic N) is 1. The standard InChI is InChI=1S/C7H14N2O/c1-7(10)6-8-2-3-9-4-5-9/h8H,2-6H2,1H3. The maximum absolute atomic E-state index is 10.4. The molecule has 0 aromatic rings. The van der Waals surface area contributed by atoms with Gasteiger partial charge in [0, 0.05) is 26.2 Å². The Kier molecular flexibility index (Phi) is 2.83. The summed E-state index contributed by atoms with van der Waals surface area (Å²) in [5, 5.41) is 3.06. The van der Waals surface area contributed by atoms with E-state index >= 15 is 0 Å². The molecule has 0 aliphatic carbocycles. The molecular formula is C7H14N2O. The average Bonchev–Trinajstić information content (AvgIpc) is 2.62. The molecular weight excluding hydrogens is 128 g/mol. The van der Waals surface area contributed by atoms with Crippen LogP contribution in [0.25, 0.3) is 0 Å². The van der Waals surface area contributed by atoms with E-state index in [9.17, 15) is 4.79 Å². The Hall–Kier alpha value is -0.410. The van der Waals surface area contributed by atoms with Crippen LogP contribution in [0.2, 0.25) is 0 Å². The average molecular weight is 142 g/mol. The van der Waals surface area contributed by atoms with Crippen molar-refractivity contribution in [3.05, 3.63) is 0 Å². The van der Waals surface area contributed by atoms with Crippen molar-refractivity contribution < 1.29 is 4.79 Å². The predicted octanol–water partition coefficient (Wildman–Crippen LogP) is -0.519. The number of hydrogen-bond donors (Lipinski definition) is 1. The zero-order valence-corrected chi connectivity index (χ0v) is 6.39. The smallest absolute Gasteiger partial charge is 0.143 e. The van der Waals surface area contributed by atoms with Gasteiger partial charge in [-0.1, -0.05) is 0 Å². The van der Waals surface area contributed by atoms with Crippen LogP contribution in [0.1, 0.15) is 6.92 Å². The Morgan fingerprint density at radius 3 is 2.80 bits per heavy atom. The number of carbonyl (C=O) groups is 1. The van der Waals surface area contributed by atoms with Gasteiger partial charge in [-0.05, 0) is 6.92 Å². The van der Waals surface area contributed by atoms with Gasteiger partial charge in [-0.2, -0.15) is 0 Å². The molecule has 3 heteroatoms. The Morgan fingerprint density at radius 2 is 2.30 bits per heavy atom. The first-order valence-electron chi connectivity index (χ1n) is 3.71. The first-order valence-corrected chi connectivity index (χ1v) is 3.71. The molecule has 0 unspecified atom stereocenters. The summed E-state index contributed by atoms with van der Waals surface area (Å²) in [6.45, 7) is 6.63. The van der Waals surface area contributed by atoms with Crippen molar-refractivity contribution in [2.45, 2.75) is 6.92 Å². The van der Waals surface area contributed by atoms with Gasteiger partial charge in [0.25, 0.3) is 0 Å². The molecule has 1 heterocycles. The van der Waals surface area contributed by atoms with Gasteiger partial charge in [-0.15, -0.1) is 0 Å². The SMILES string of the molecule is CC(=O)CNCCN1CC1. The van der Waals surface area contributed by atoms with Crippen LogP contribution in [-0.2, 0) is 4.79 Å². The van der Waals surface area contributed by atoms with E-state index in [0.29, 0.717) is 6.54 Å². The third-order valence-electron chi connectivity index (χ3n) is 1.52. The maximum atomic E-state index is 10.4. The molecule has 0 amide bonds. The fraction of sp³-hybridized carbons (Fsp3) is 0.857. The van der Waals surface area contributed by atoms with Crippen LogP contribution >= 0.6 is 0 Å². The molecule has 1 rings (SSSR count). The Balaban J connectivity index is 1.80. The summed E-state index contributed by atoms with van der Waals surface area (Å²) in [4.78, 5) is 12.8. The maximum Gasteiger partial charge on any atom is 0.143 e. The van der Waals surface area contributed by atoms with Gasteiger partial charge in [0.15, 0.2) is 0 Å². The molecule has 0 aromatic carbocycles. The highest BCUT2D eigenvalue weighted by Gasteiger charge is 2.15. The summed E-state index contributed by atoms with van der Waals surface area (Å²) >= 11 is 0. The van der Waals surface area contributed by atoms with Crippen LogP contribution in [0.3, 0.4) is 0 Å². The Morgan fingerprint density at radius 1 is 1.60 bits per heavy atom. The van der Waals surface area contributed by atoms with Gasteiger partial charge < -0.3 is 5.32 Å². The highest BCUT2D eigenvalue weighted by Crippen LogP contribution is 1.99.